The number of nitro groups is 1. The van der Waals surface area contributed by atoms with Crippen molar-refractivity contribution in [3.8, 4) is 5.75 Å². The van der Waals surface area contributed by atoms with Crippen molar-refractivity contribution in [1.82, 2.24) is 0 Å². The molecule has 0 radical (unpaired) electrons. The van der Waals surface area contributed by atoms with Crippen molar-refractivity contribution in [2.75, 3.05) is 5.32 Å². The largest absolute Gasteiger partial charge is 0.504 e. The van der Waals surface area contributed by atoms with Crippen LogP contribution in [0.1, 0.15) is 10.4 Å². The summed E-state index contributed by atoms with van der Waals surface area (Å²) >= 11 is 5.69. The zero-order valence-corrected chi connectivity index (χ0v) is 10.8. The molecule has 102 valence electrons. The van der Waals surface area contributed by atoms with Crippen LogP contribution in [0.2, 0.25) is 5.02 Å². The molecule has 0 bridgehead atoms. The van der Waals surface area contributed by atoms with Gasteiger partial charge in [0.05, 0.1) is 15.6 Å². The number of nitro benzene ring substituents is 1. The molecule has 1 amide bonds. The van der Waals surface area contributed by atoms with Crippen LogP contribution in [-0.4, -0.2) is 15.9 Å². The first-order valence-corrected chi connectivity index (χ1v) is 5.90. The number of amides is 1. The van der Waals surface area contributed by atoms with Crippen LogP contribution < -0.4 is 5.32 Å². The first kappa shape index (κ1) is 13.8. The molecule has 0 aliphatic carbocycles. The lowest BCUT2D eigenvalue weighted by Gasteiger charge is -2.08. The molecular formula is C13H9ClN2O4. The Morgan fingerprint density at radius 1 is 1.25 bits per heavy atom. The highest BCUT2D eigenvalue weighted by Gasteiger charge is 2.17. The highest BCUT2D eigenvalue weighted by molar-refractivity contribution is 6.33. The average Bonchev–Trinajstić information content (AvgIpc) is 2.44. The van der Waals surface area contributed by atoms with E-state index in [0.29, 0.717) is 5.56 Å². The lowest BCUT2D eigenvalue weighted by atomic mass is 10.2. The van der Waals surface area contributed by atoms with E-state index in [2.05, 4.69) is 5.32 Å². The maximum atomic E-state index is 11.9. The highest BCUT2D eigenvalue weighted by atomic mass is 35.5. The van der Waals surface area contributed by atoms with Gasteiger partial charge in [0, 0.05) is 17.7 Å². The van der Waals surface area contributed by atoms with Crippen molar-refractivity contribution >= 4 is 28.9 Å². The van der Waals surface area contributed by atoms with Gasteiger partial charge in [0.2, 0.25) is 0 Å². The van der Waals surface area contributed by atoms with Gasteiger partial charge in [-0.25, -0.2) is 0 Å². The number of halogens is 1. The van der Waals surface area contributed by atoms with Gasteiger partial charge in [0.15, 0.2) is 5.75 Å². The lowest BCUT2D eigenvalue weighted by molar-refractivity contribution is -0.384. The molecule has 2 N–H and O–H groups in total. The molecule has 0 aliphatic rings. The maximum absolute atomic E-state index is 11.9. The second kappa shape index (κ2) is 5.58. The molecule has 7 heteroatoms. The molecule has 0 saturated heterocycles. The summed E-state index contributed by atoms with van der Waals surface area (Å²) in [6.45, 7) is 0. The molecule has 0 atom stereocenters. The minimum absolute atomic E-state index is 0.113. The predicted molar refractivity (Wildman–Crippen MR) is 74.2 cm³/mol. The van der Waals surface area contributed by atoms with E-state index in [-0.39, 0.29) is 16.4 Å². The van der Waals surface area contributed by atoms with Crippen LogP contribution in [0, 0.1) is 10.1 Å². The molecule has 0 unspecified atom stereocenters. The molecule has 0 spiro atoms. The van der Waals surface area contributed by atoms with Crippen LogP contribution in [0.25, 0.3) is 0 Å². The summed E-state index contributed by atoms with van der Waals surface area (Å²) in [7, 11) is 0. The van der Waals surface area contributed by atoms with Crippen LogP contribution in [0.5, 0.6) is 5.75 Å². The van der Waals surface area contributed by atoms with E-state index in [9.17, 15) is 20.0 Å². The van der Waals surface area contributed by atoms with Gasteiger partial charge >= 0.3 is 0 Å². The van der Waals surface area contributed by atoms with Gasteiger partial charge in [-0.2, -0.15) is 0 Å². The Bertz CT molecular complexity index is 674. The third kappa shape index (κ3) is 2.86. The van der Waals surface area contributed by atoms with E-state index in [1.165, 1.54) is 0 Å². The molecule has 2 aromatic carbocycles. The highest BCUT2D eigenvalue weighted by Crippen LogP contribution is 2.36. The normalized spacial score (nSPS) is 10.1. The van der Waals surface area contributed by atoms with E-state index in [4.69, 9.17) is 11.6 Å². The molecule has 0 heterocycles. The van der Waals surface area contributed by atoms with Gasteiger partial charge in [-0.1, -0.05) is 29.8 Å². The van der Waals surface area contributed by atoms with Crippen LogP contribution in [-0.2, 0) is 0 Å². The van der Waals surface area contributed by atoms with Crippen LogP contribution >= 0.6 is 11.6 Å². The fourth-order valence-corrected chi connectivity index (χ4v) is 1.78. The van der Waals surface area contributed by atoms with Crippen LogP contribution in [0.4, 0.5) is 11.4 Å². The fraction of sp³-hybridized carbons (Fsp3) is 0. The number of benzene rings is 2. The van der Waals surface area contributed by atoms with E-state index in [1.54, 1.807) is 30.3 Å². The number of nitrogens with zero attached hydrogens (tertiary/aromatic N) is 1. The minimum Gasteiger partial charge on any atom is -0.504 e. The van der Waals surface area contributed by atoms with Crippen molar-refractivity contribution in [3.05, 3.63) is 63.2 Å². The smallest absolute Gasteiger partial charge is 0.273 e. The molecule has 0 fully saturated rings. The Hall–Kier alpha value is -2.60. The Morgan fingerprint density at radius 3 is 2.50 bits per heavy atom. The molecule has 0 aliphatic heterocycles. The molecule has 2 aromatic rings. The van der Waals surface area contributed by atoms with Crippen molar-refractivity contribution in [2.24, 2.45) is 0 Å². The summed E-state index contributed by atoms with van der Waals surface area (Å²) in [5.41, 5.74) is -0.0799. The van der Waals surface area contributed by atoms with E-state index in [1.807, 2.05) is 0 Å². The number of anilines is 1. The van der Waals surface area contributed by atoms with Gasteiger partial charge in [-0.3, -0.25) is 14.9 Å². The monoisotopic (exact) mass is 292 g/mol. The third-order valence-corrected chi connectivity index (χ3v) is 2.83. The molecular weight excluding hydrogens is 284 g/mol. The van der Waals surface area contributed by atoms with Gasteiger partial charge < -0.3 is 10.4 Å². The van der Waals surface area contributed by atoms with Crippen molar-refractivity contribution in [2.45, 2.75) is 0 Å². The summed E-state index contributed by atoms with van der Waals surface area (Å²) in [6, 6.07) is 10.3. The molecule has 0 saturated carbocycles. The number of hydrogen-bond donors (Lipinski definition) is 2. The van der Waals surface area contributed by atoms with Gasteiger partial charge in [-0.15, -0.1) is 0 Å². The lowest BCUT2D eigenvalue weighted by Crippen LogP contribution is -2.12. The summed E-state index contributed by atoms with van der Waals surface area (Å²) in [4.78, 5) is 22.0. The number of hydrogen-bond acceptors (Lipinski definition) is 4. The Morgan fingerprint density at radius 2 is 1.90 bits per heavy atom. The van der Waals surface area contributed by atoms with Crippen molar-refractivity contribution in [1.29, 1.82) is 0 Å². The maximum Gasteiger partial charge on any atom is 0.273 e. The number of nitrogens with one attached hydrogen (secondary N) is 1. The van der Waals surface area contributed by atoms with Crippen molar-refractivity contribution in [3.63, 3.8) is 0 Å². The standard InChI is InChI=1S/C13H9ClN2O4/c14-10-6-9(16(19)20)7-11(12(10)17)15-13(18)8-4-2-1-3-5-8/h1-7,17H,(H,15,18). The van der Waals surface area contributed by atoms with Crippen LogP contribution in [0.3, 0.4) is 0 Å². The van der Waals surface area contributed by atoms with Gasteiger partial charge in [0.25, 0.3) is 11.6 Å². The fourth-order valence-electron chi connectivity index (χ4n) is 1.57. The summed E-state index contributed by atoms with van der Waals surface area (Å²) in [6.07, 6.45) is 0. The summed E-state index contributed by atoms with van der Waals surface area (Å²) in [5, 5.41) is 22.6. The zero-order valence-electron chi connectivity index (χ0n) is 10.0. The minimum atomic E-state index is -0.663. The first-order valence-electron chi connectivity index (χ1n) is 5.52. The number of carbonyl (C=O) groups excluding carboxylic acids is 1. The SMILES string of the molecule is O=C(Nc1cc([N+](=O)[O-])cc(Cl)c1O)c1ccccc1. The second-order valence-corrected chi connectivity index (χ2v) is 4.31. The Labute approximate surface area is 118 Å². The molecule has 2 rings (SSSR count). The third-order valence-electron chi connectivity index (χ3n) is 2.54. The molecule has 0 aromatic heterocycles. The Balaban J connectivity index is 2.34. The predicted octanol–water partition coefficient (Wildman–Crippen LogP) is 3.21. The second-order valence-electron chi connectivity index (χ2n) is 3.90. The van der Waals surface area contributed by atoms with E-state index < -0.39 is 16.6 Å². The first-order chi connectivity index (χ1) is 9.49. The van der Waals surface area contributed by atoms with E-state index in [0.717, 1.165) is 12.1 Å². The number of phenols is 1. The number of aromatic hydroxyl groups is 1. The number of non-ortho nitro benzene ring substituents is 1. The quantitative estimate of drug-likeness (QED) is 0.516. The van der Waals surface area contributed by atoms with Crippen LogP contribution in [0.15, 0.2) is 42.5 Å². The summed E-state index contributed by atoms with van der Waals surface area (Å²) in [5.74, 6) is -0.918. The van der Waals surface area contributed by atoms with Crippen molar-refractivity contribution < 1.29 is 14.8 Å². The number of rotatable bonds is 3. The topological polar surface area (TPSA) is 92.5 Å². The summed E-state index contributed by atoms with van der Waals surface area (Å²) < 4.78 is 0. The average molecular weight is 293 g/mol. The van der Waals surface area contributed by atoms with Gasteiger partial charge in [0.1, 0.15) is 0 Å². The van der Waals surface area contributed by atoms with Gasteiger partial charge in [-0.05, 0) is 12.1 Å². The number of phenolic OH excluding ortho intramolecular Hbond substituents is 1. The molecule has 6 nitrogen and oxygen atoms in total. The molecule has 20 heavy (non-hydrogen) atoms. The zero-order chi connectivity index (χ0) is 14.7. The number of carbonyl (C=O) groups is 1. The Kier molecular flexibility index (Phi) is 3.86. The van der Waals surface area contributed by atoms with E-state index >= 15 is 0 Å².